The van der Waals surface area contributed by atoms with Crippen LogP contribution in [-0.2, 0) is 4.74 Å². The summed E-state index contributed by atoms with van der Waals surface area (Å²) in [7, 11) is 0. The number of para-hydroxylation sites is 1. The molecule has 162 valence electrons. The molecule has 2 atom stereocenters. The summed E-state index contributed by atoms with van der Waals surface area (Å²) >= 11 is 0. The van der Waals surface area contributed by atoms with E-state index >= 15 is 0 Å². The number of aliphatic hydroxyl groups excluding tert-OH is 1. The first-order chi connectivity index (χ1) is 14.5. The first kappa shape index (κ1) is 21.9. The van der Waals surface area contributed by atoms with Crippen LogP contribution in [0.25, 0.3) is 0 Å². The molecule has 0 fully saturated rings. The van der Waals surface area contributed by atoms with Crippen molar-refractivity contribution in [3.63, 3.8) is 0 Å². The molecule has 0 aliphatic carbocycles. The van der Waals surface area contributed by atoms with Crippen molar-refractivity contribution in [3.8, 4) is 17.2 Å². The third-order valence-electron chi connectivity index (χ3n) is 4.53. The molecule has 0 saturated carbocycles. The SMILES string of the molecule is CCOC(=O)c1cc(C(O)CNCC2COc3cccc(F)c3O2)ccc1OCC. The molecular formula is C22H26FNO6. The van der Waals surface area contributed by atoms with Gasteiger partial charge in [-0.3, -0.25) is 0 Å². The van der Waals surface area contributed by atoms with Crippen LogP contribution in [0.3, 0.4) is 0 Å². The van der Waals surface area contributed by atoms with Gasteiger partial charge in [-0.15, -0.1) is 0 Å². The van der Waals surface area contributed by atoms with Crippen LogP contribution in [0.2, 0.25) is 0 Å². The average Bonchev–Trinajstić information content (AvgIpc) is 2.75. The summed E-state index contributed by atoms with van der Waals surface area (Å²) in [5, 5.41) is 13.6. The van der Waals surface area contributed by atoms with Crippen molar-refractivity contribution in [2.24, 2.45) is 0 Å². The van der Waals surface area contributed by atoms with E-state index in [1.165, 1.54) is 6.07 Å². The summed E-state index contributed by atoms with van der Waals surface area (Å²) in [4.78, 5) is 12.2. The molecule has 0 radical (unpaired) electrons. The Balaban J connectivity index is 1.58. The van der Waals surface area contributed by atoms with Crippen LogP contribution < -0.4 is 19.5 Å². The number of carbonyl (C=O) groups is 1. The molecular weight excluding hydrogens is 393 g/mol. The first-order valence-corrected chi connectivity index (χ1v) is 9.94. The maximum absolute atomic E-state index is 13.8. The van der Waals surface area contributed by atoms with Gasteiger partial charge in [-0.1, -0.05) is 12.1 Å². The second kappa shape index (κ2) is 10.3. The fraction of sp³-hybridized carbons (Fsp3) is 0.409. The van der Waals surface area contributed by atoms with Crippen LogP contribution >= 0.6 is 0 Å². The Morgan fingerprint density at radius 3 is 2.90 bits per heavy atom. The predicted molar refractivity (Wildman–Crippen MR) is 108 cm³/mol. The molecule has 1 heterocycles. The van der Waals surface area contributed by atoms with E-state index in [2.05, 4.69) is 5.32 Å². The minimum atomic E-state index is -0.873. The zero-order chi connectivity index (χ0) is 21.5. The Hall–Kier alpha value is -2.84. The van der Waals surface area contributed by atoms with E-state index in [1.807, 2.05) is 6.92 Å². The first-order valence-electron chi connectivity index (χ1n) is 9.94. The molecule has 3 rings (SSSR count). The van der Waals surface area contributed by atoms with Gasteiger partial charge < -0.3 is 29.4 Å². The van der Waals surface area contributed by atoms with Crippen LogP contribution in [0, 0.1) is 5.82 Å². The fourth-order valence-electron chi connectivity index (χ4n) is 3.10. The number of halogens is 1. The molecule has 0 aromatic heterocycles. The number of ether oxygens (including phenoxy) is 4. The van der Waals surface area contributed by atoms with E-state index in [1.54, 1.807) is 37.3 Å². The summed E-state index contributed by atoms with van der Waals surface area (Å²) in [5.74, 6) is -0.0864. The van der Waals surface area contributed by atoms with Crippen LogP contribution in [0.5, 0.6) is 17.2 Å². The molecule has 30 heavy (non-hydrogen) atoms. The number of hydrogen-bond acceptors (Lipinski definition) is 7. The number of rotatable bonds is 9. The van der Waals surface area contributed by atoms with Crippen LogP contribution in [0.4, 0.5) is 4.39 Å². The summed E-state index contributed by atoms with van der Waals surface area (Å²) in [6, 6.07) is 9.45. The summed E-state index contributed by atoms with van der Waals surface area (Å²) in [6.45, 7) is 5.03. The van der Waals surface area contributed by atoms with E-state index in [4.69, 9.17) is 18.9 Å². The highest BCUT2D eigenvalue weighted by atomic mass is 19.1. The van der Waals surface area contributed by atoms with E-state index in [0.29, 0.717) is 30.2 Å². The molecule has 7 nitrogen and oxygen atoms in total. The standard InChI is InChI=1S/C22H26FNO6/c1-3-27-19-9-8-14(10-16(19)22(26)28-4-2)18(25)12-24-11-15-13-29-20-7-5-6-17(23)21(20)30-15/h5-10,15,18,24-25H,3-4,11-13H2,1-2H3. The van der Waals surface area contributed by atoms with Gasteiger partial charge in [-0.05, 0) is 43.7 Å². The topological polar surface area (TPSA) is 86.3 Å². The molecule has 2 aromatic carbocycles. The third-order valence-corrected chi connectivity index (χ3v) is 4.53. The molecule has 1 aliphatic rings. The van der Waals surface area contributed by atoms with Crippen molar-refractivity contribution in [2.75, 3.05) is 32.9 Å². The molecule has 2 N–H and O–H groups in total. The second-order valence-corrected chi connectivity index (χ2v) is 6.70. The highest BCUT2D eigenvalue weighted by molar-refractivity contribution is 5.92. The molecule has 0 saturated heterocycles. The monoisotopic (exact) mass is 419 g/mol. The summed E-state index contributed by atoms with van der Waals surface area (Å²) in [5.41, 5.74) is 0.817. The van der Waals surface area contributed by atoms with Crippen LogP contribution in [0.1, 0.15) is 35.9 Å². The van der Waals surface area contributed by atoms with Crippen molar-refractivity contribution in [1.29, 1.82) is 0 Å². The summed E-state index contributed by atoms with van der Waals surface area (Å²) < 4.78 is 35.6. The number of nitrogens with one attached hydrogen (secondary N) is 1. The van der Waals surface area contributed by atoms with Crippen molar-refractivity contribution >= 4 is 5.97 Å². The average molecular weight is 419 g/mol. The number of esters is 1. The van der Waals surface area contributed by atoms with Crippen molar-refractivity contribution in [3.05, 3.63) is 53.3 Å². The van der Waals surface area contributed by atoms with Gasteiger partial charge >= 0.3 is 5.97 Å². The number of aliphatic hydroxyl groups is 1. The Morgan fingerprint density at radius 1 is 1.30 bits per heavy atom. The zero-order valence-corrected chi connectivity index (χ0v) is 17.0. The van der Waals surface area contributed by atoms with E-state index < -0.39 is 24.0 Å². The van der Waals surface area contributed by atoms with Gasteiger partial charge in [0.05, 0.1) is 19.3 Å². The van der Waals surface area contributed by atoms with E-state index in [9.17, 15) is 14.3 Å². The molecule has 8 heteroatoms. The minimum absolute atomic E-state index is 0.0988. The van der Waals surface area contributed by atoms with E-state index in [0.717, 1.165) is 0 Å². The van der Waals surface area contributed by atoms with Crippen LogP contribution in [-0.4, -0.2) is 50.1 Å². The Bertz CT molecular complexity index is 875. The predicted octanol–water partition coefficient (Wildman–Crippen LogP) is 2.86. The summed E-state index contributed by atoms with van der Waals surface area (Å²) in [6.07, 6.45) is -1.26. The molecule has 0 amide bonds. The van der Waals surface area contributed by atoms with E-state index in [-0.39, 0.29) is 31.1 Å². The van der Waals surface area contributed by atoms with Gasteiger partial charge in [0.2, 0.25) is 0 Å². The number of hydrogen-bond donors (Lipinski definition) is 2. The maximum atomic E-state index is 13.8. The molecule has 0 bridgehead atoms. The minimum Gasteiger partial charge on any atom is -0.493 e. The molecule has 0 spiro atoms. The van der Waals surface area contributed by atoms with Gasteiger partial charge in [0.25, 0.3) is 0 Å². The van der Waals surface area contributed by atoms with Crippen molar-refractivity contribution in [1.82, 2.24) is 5.32 Å². The quantitative estimate of drug-likeness (QED) is 0.605. The van der Waals surface area contributed by atoms with Gasteiger partial charge in [0.1, 0.15) is 24.0 Å². The number of fused-ring (bicyclic) bond motifs is 1. The largest absolute Gasteiger partial charge is 0.493 e. The van der Waals surface area contributed by atoms with Crippen LogP contribution in [0.15, 0.2) is 36.4 Å². The fourth-order valence-corrected chi connectivity index (χ4v) is 3.10. The van der Waals surface area contributed by atoms with Gasteiger partial charge in [-0.25, -0.2) is 9.18 Å². The highest BCUT2D eigenvalue weighted by Gasteiger charge is 2.24. The lowest BCUT2D eigenvalue weighted by molar-refractivity contribution is 0.0521. The smallest absolute Gasteiger partial charge is 0.341 e. The van der Waals surface area contributed by atoms with Gasteiger partial charge in [0, 0.05) is 13.1 Å². The lowest BCUT2D eigenvalue weighted by atomic mass is 10.0. The van der Waals surface area contributed by atoms with Crippen molar-refractivity contribution in [2.45, 2.75) is 26.1 Å². The Kier molecular flexibility index (Phi) is 7.48. The Labute approximate surface area is 174 Å². The lowest BCUT2D eigenvalue weighted by Crippen LogP contribution is -2.40. The third kappa shape index (κ3) is 5.20. The van der Waals surface area contributed by atoms with Crippen molar-refractivity contribution < 1.29 is 33.2 Å². The highest BCUT2D eigenvalue weighted by Crippen LogP contribution is 2.33. The Morgan fingerprint density at radius 2 is 2.13 bits per heavy atom. The second-order valence-electron chi connectivity index (χ2n) is 6.70. The number of carbonyl (C=O) groups excluding carboxylic acids is 1. The molecule has 2 aromatic rings. The van der Waals surface area contributed by atoms with Gasteiger partial charge in [0.15, 0.2) is 17.3 Å². The maximum Gasteiger partial charge on any atom is 0.341 e. The normalized spacial score (nSPS) is 16.1. The zero-order valence-electron chi connectivity index (χ0n) is 17.0. The molecule has 2 unspecified atom stereocenters. The lowest BCUT2D eigenvalue weighted by Gasteiger charge is -2.27. The molecule has 1 aliphatic heterocycles. The van der Waals surface area contributed by atoms with Gasteiger partial charge in [-0.2, -0.15) is 0 Å². The number of benzene rings is 2.